The van der Waals surface area contributed by atoms with Gasteiger partial charge in [-0.3, -0.25) is 9.59 Å². The molecule has 2 N–H and O–H groups in total. The lowest BCUT2D eigenvalue weighted by Crippen LogP contribution is -2.34. The number of halogens is 1. The number of hydrogen-bond acceptors (Lipinski definition) is 4. The Morgan fingerprint density at radius 1 is 1.38 bits per heavy atom. The predicted molar refractivity (Wildman–Crippen MR) is 88.7 cm³/mol. The van der Waals surface area contributed by atoms with E-state index in [9.17, 15) is 9.59 Å². The van der Waals surface area contributed by atoms with Crippen LogP contribution in [0.4, 0.5) is 5.69 Å². The molecule has 1 aliphatic heterocycles. The van der Waals surface area contributed by atoms with Crippen LogP contribution in [-0.2, 0) is 16.1 Å². The van der Waals surface area contributed by atoms with Crippen molar-refractivity contribution in [1.82, 2.24) is 10.2 Å². The molecule has 5 nitrogen and oxygen atoms in total. The van der Waals surface area contributed by atoms with E-state index in [1.807, 2.05) is 31.2 Å². The Balaban J connectivity index is 0.00000220. The summed E-state index contributed by atoms with van der Waals surface area (Å²) in [7, 11) is 0. The molecule has 0 bridgehead atoms. The molecule has 0 saturated carbocycles. The Hall–Kier alpha value is -1.24. The molecule has 2 rings (SSSR count). The lowest BCUT2D eigenvalue weighted by Gasteiger charge is -2.16. The van der Waals surface area contributed by atoms with Gasteiger partial charge in [0.25, 0.3) is 0 Å². The van der Waals surface area contributed by atoms with Crippen molar-refractivity contribution in [3.63, 3.8) is 0 Å². The molecular weight excluding hydrogens is 310 g/mol. The number of hydrogen-bond donors (Lipinski definition) is 2. The molecule has 116 valence electrons. The highest BCUT2D eigenvalue weighted by atomic mass is 35.5. The van der Waals surface area contributed by atoms with Gasteiger partial charge >= 0.3 is 0 Å². The number of amides is 2. The first-order chi connectivity index (χ1) is 9.70. The van der Waals surface area contributed by atoms with Gasteiger partial charge < -0.3 is 15.5 Å². The molecular formula is C14H20ClN3O2S. The summed E-state index contributed by atoms with van der Waals surface area (Å²) in [6.07, 6.45) is 0. The maximum Gasteiger partial charge on any atom is 0.244 e. The van der Waals surface area contributed by atoms with Crippen molar-refractivity contribution in [2.75, 3.05) is 30.0 Å². The highest BCUT2D eigenvalue weighted by Crippen LogP contribution is 2.17. The van der Waals surface area contributed by atoms with Crippen molar-refractivity contribution in [3.05, 3.63) is 29.8 Å². The van der Waals surface area contributed by atoms with E-state index in [-0.39, 0.29) is 30.8 Å². The van der Waals surface area contributed by atoms with E-state index in [1.165, 1.54) is 11.8 Å². The molecule has 1 saturated heterocycles. The molecule has 21 heavy (non-hydrogen) atoms. The van der Waals surface area contributed by atoms with Crippen molar-refractivity contribution in [2.45, 2.75) is 13.5 Å². The zero-order valence-electron chi connectivity index (χ0n) is 11.9. The molecule has 0 aliphatic carbocycles. The van der Waals surface area contributed by atoms with Crippen LogP contribution in [0.25, 0.3) is 0 Å². The largest absolute Gasteiger partial charge is 0.324 e. The maximum absolute atomic E-state index is 12.0. The molecule has 2 amide bonds. The summed E-state index contributed by atoms with van der Waals surface area (Å²) in [5, 5.41) is 6.12. The molecule has 0 spiro atoms. The molecule has 1 fully saturated rings. The van der Waals surface area contributed by atoms with Crippen LogP contribution in [0.2, 0.25) is 0 Å². The zero-order chi connectivity index (χ0) is 14.4. The average Bonchev–Trinajstić information content (AvgIpc) is 2.83. The summed E-state index contributed by atoms with van der Waals surface area (Å²) >= 11 is 1.54. The van der Waals surface area contributed by atoms with Crippen LogP contribution in [0.5, 0.6) is 0 Å². The van der Waals surface area contributed by atoms with E-state index in [4.69, 9.17) is 0 Å². The lowest BCUT2D eigenvalue weighted by atomic mass is 10.1. The summed E-state index contributed by atoms with van der Waals surface area (Å²) in [4.78, 5) is 25.1. The summed E-state index contributed by atoms with van der Waals surface area (Å²) < 4.78 is 0. The van der Waals surface area contributed by atoms with Crippen molar-refractivity contribution in [1.29, 1.82) is 0 Å². The number of carbonyl (C=O) groups excluding carboxylic acids is 2. The first kappa shape index (κ1) is 17.8. The van der Waals surface area contributed by atoms with Gasteiger partial charge in [-0.1, -0.05) is 25.1 Å². The number of benzene rings is 1. The zero-order valence-corrected chi connectivity index (χ0v) is 13.6. The van der Waals surface area contributed by atoms with Gasteiger partial charge in [0.05, 0.1) is 11.6 Å². The number of anilines is 1. The van der Waals surface area contributed by atoms with Gasteiger partial charge in [0.15, 0.2) is 0 Å². The fourth-order valence-electron chi connectivity index (χ4n) is 1.96. The van der Waals surface area contributed by atoms with Crippen molar-refractivity contribution < 1.29 is 9.59 Å². The number of nitrogens with one attached hydrogen (secondary N) is 2. The molecule has 1 aromatic carbocycles. The summed E-state index contributed by atoms with van der Waals surface area (Å²) in [5.74, 6) is 0.964. The van der Waals surface area contributed by atoms with E-state index in [0.717, 1.165) is 17.8 Å². The van der Waals surface area contributed by atoms with Crippen LogP contribution in [0.15, 0.2) is 24.3 Å². The number of thioether (sulfide) groups is 1. The number of nitrogens with zero attached hydrogens (tertiary/aromatic N) is 1. The van der Waals surface area contributed by atoms with E-state index >= 15 is 0 Å². The molecule has 1 heterocycles. The molecule has 0 aromatic heterocycles. The highest BCUT2D eigenvalue weighted by Gasteiger charge is 2.23. The van der Waals surface area contributed by atoms with Crippen LogP contribution < -0.4 is 10.6 Å². The van der Waals surface area contributed by atoms with Crippen molar-refractivity contribution in [3.8, 4) is 0 Å². The van der Waals surface area contributed by atoms with E-state index < -0.39 is 0 Å². The van der Waals surface area contributed by atoms with Crippen LogP contribution >= 0.6 is 24.2 Å². The standard InChI is InChI=1S/C14H19N3O2S.ClH/c1-2-15-7-11-5-3-4-6-12(11)16-13(18)8-17-10-20-9-14(17)19;/h3-6,15H,2,7-10H2,1H3,(H,16,18);1H. The van der Waals surface area contributed by atoms with Crippen LogP contribution in [0, 0.1) is 0 Å². The number of rotatable bonds is 6. The second-order valence-corrected chi connectivity index (χ2v) is 5.51. The summed E-state index contributed by atoms with van der Waals surface area (Å²) in [6, 6.07) is 7.70. The Morgan fingerprint density at radius 2 is 2.14 bits per heavy atom. The van der Waals surface area contributed by atoms with Crippen molar-refractivity contribution >= 4 is 41.7 Å². The number of para-hydroxylation sites is 1. The Labute approximate surface area is 135 Å². The molecule has 7 heteroatoms. The molecule has 1 aromatic rings. The molecule has 0 atom stereocenters. The molecule has 0 radical (unpaired) electrons. The maximum atomic E-state index is 12.0. The molecule has 1 aliphatic rings. The fraction of sp³-hybridized carbons (Fsp3) is 0.429. The van der Waals surface area contributed by atoms with Crippen LogP contribution in [-0.4, -0.2) is 41.4 Å². The minimum Gasteiger partial charge on any atom is -0.324 e. The minimum atomic E-state index is -0.148. The average molecular weight is 330 g/mol. The first-order valence-corrected chi connectivity index (χ1v) is 7.80. The van der Waals surface area contributed by atoms with Gasteiger partial charge in [-0.25, -0.2) is 0 Å². The van der Waals surface area contributed by atoms with E-state index in [0.29, 0.717) is 18.2 Å². The fourth-order valence-corrected chi connectivity index (χ4v) is 2.86. The summed E-state index contributed by atoms with van der Waals surface area (Å²) in [5.41, 5.74) is 1.85. The third kappa shape index (κ3) is 5.22. The van der Waals surface area contributed by atoms with E-state index in [2.05, 4.69) is 10.6 Å². The Kier molecular flexibility index (Phi) is 7.56. The van der Waals surface area contributed by atoms with Gasteiger partial charge in [0.1, 0.15) is 6.54 Å². The van der Waals surface area contributed by atoms with Gasteiger partial charge in [0, 0.05) is 12.2 Å². The smallest absolute Gasteiger partial charge is 0.244 e. The van der Waals surface area contributed by atoms with Crippen LogP contribution in [0.1, 0.15) is 12.5 Å². The third-order valence-corrected chi connectivity index (χ3v) is 3.96. The Bertz CT molecular complexity index is 499. The minimum absolute atomic E-state index is 0. The van der Waals surface area contributed by atoms with Gasteiger partial charge in [-0.05, 0) is 18.2 Å². The third-order valence-electron chi connectivity index (χ3n) is 3.02. The lowest BCUT2D eigenvalue weighted by molar-refractivity contribution is -0.130. The summed E-state index contributed by atoms with van der Waals surface area (Å²) in [6.45, 7) is 3.76. The van der Waals surface area contributed by atoms with Gasteiger partial charge in [-0.15, -0.1) is 24.2 Å². The first-order valence-electron chi connectivity index (χ1n) is 6.64. The quantitative estimate of drug-likeness (QED) is 0.833. The van der Waals surface area contributed by atoms with Gasteiger partial charge in [0.2, 0.25) is 11.8 Å². The second-order valence-electron chi connectivity index (χ2n) is 4.55. The van der Waals surface area contributed by atoms with Crippen molar-refractivity contribution in [2.24, 2.45) is 0 Å². The monoisotopic (exact) mass is 329 g/mol. The highest BCUT2D eigenvalue weighted by molar-refractivity contribution is 8.00. The van der Waals surface area contributed by atoms with E-state index in [1.54, 1.807) is 4.90 Å². The second kappa shape index (κ2) is 8.92. The molecule has 0 unspecified atom stereocenters. The normalized spacial score (nSPS) is 14.0. The Morgan fingerprint density at radius 3 is 2.81 bits per heavy atom. The number of carbonyl (C=O) groups is 2. The topological polar surface area (TPSA) is 61.4 Å². The van der Waals surface area contributed by atoms with Crippen LogP contribution in [0.3, 0.4) is 0 Å². The predicted octanol–water partition coefficient (Wildman–Crippen LogP) is 1.69. The van der Waals surface area contributed by atoms with Gasteiger partial charge in [-0.2, -0.15) is 0 Å². The SMILES string of the molecule is CCNCc1ccccc1NC(=O)CN1CSCC1=O.Cl.